The van der Waals surface area contributed by atoms with Crippen molar-refractivity contribution in [2.75, 3.05) is 10.6 Å². The largest absolute Gasteiger partial charge is 0.456 e. The zero-order valence-electron chi connectivity index (χ0n) is 16.1. The first-order chi connectivity index (χ1) is 13.4. The first-order valence-corrected chi connectivity index (χ1v) is 9.48. The molecule has 3 rings (SSSR count). The summed E-state index contributed by atoms with van der Waals surface area (Å²) in [4.78, 5) is 12.6. The van der Waals surface area contributed by atoms with E-state index in [1.807, 2.05) is 81.4 Å². The molecule has 0 aromatic heterocycles. The van der Waals surface area contributed by atoms with E-state index in [1.54, 1.807) is 6.07 Å². The zero-order chi connectivity index (χ0) is 20.1. The van der Waals surface area contributed by atoms with E-state index < -0.39 is 6.04 Å². The number of hydrogen-bond acceptors (Lipinski definition) is 3. The van der Waals surface area contributed by atoms with Gasteiger partial charge in [-0.2, -0.15) is 0 Å². The Morgan fingerprint density at radius 3 is 2.21 bits per heavy atom. The van der Waals surface area contributed by atoms with Crippen LogP contribution in [0.4, 0.5) is 11.4 Å². The van der Waals surface area contributed by atoms with Gasteiger partial charge in [-0.1, -0.05) is 41.9 Å². The maximum Gasteiger partial charge on any atom is 0.246 e. The Morgan fingerprint density at radius 2 is 1.57 bits per heavy atom. The van der Waals surface area contributed by atoms with Crippen LogP contribution in [0.25, 0.3) is 0 Å². The number of halogens is 1. The summed E-state index contributed by atoms with van der Waals surface area (Å²) in [5.74, 6) is 1.19. The molecule has 0 radical (unpaired) electrons. The third kappa shape index (κ3) is 4.84. The van der Waals surface area contributed by atoms with Crippen LogP contribution in [0, 0.1) is 13.8 Å². The quantitative estimate of drug-likeness (QED) is 0.524. The van der Waals surface area contributed by atoms with Gasteiger partial charge in [0, 0.05) is 11.4 Å². The van der Waals surface area contributed by atoms with Crippen molar-refractivity contribution >= 4 is 28.9 Å². The Kier molecular flexibility index (Phi) is 6.22. The maximum absolute atomic E-state index is 12.6. The molecule has 0 heterocycles. The van der Waals surface area contributed by atoms with Crippen LogP contribution >= 0.6 is 11.6 Å². The predicted molar refractivity (Wildman–Crippen MR) is 116 cm³/mol. The number of nitrogens with one attached hydrogen (secondary N) is 2. The first-order valence-electron chi connectivity index (χ1n) is 9.10. The lowest BCUT2D eigenvalue weighted by atomic mass is 10.1. The molecule has 0 aliphatic heterocycles. The van der Waals surface area contributed by atoms with E-state index in [4.69, 9.17) is 16.3 Å². The standard InChI is InChI=1S/C23H23ClN2O2/c1-15-7-6-8-16(2)22(15)26-23(27)17(3)25-18-11-13-19(14-12-18)28-21-10-5-4-9-20(21)24/h4-14,17,25H,1-3H3,(H,26,27). The summed E-state index contributed by atoms with van der Waals surface area (Å²) in [6.45, 7) is 5.80. The molecule has 0 aliphatic rings. The van der Waals surface area contributed by atoms with E-state index >= 15 is 0 Å². The normalized spacial score (nSPS) is 11.6. The molecule has 28 heavy (non-hydrogen) atoms. The van der Waals surface area contributed by atoms with Crippen molar-refractivity contribution in [3.8, 4) is 11.5 Å². The van der Waals surface area contributed by atoms with Gasteiger partial charge in [-0.25, -0.2) is 0 Å². The lowest BCUT2D eigenvalue weighted by molar-refractivity contribution is -0.116. The fraction of sp³-hybridized carbons (Fsp3) is 0.174. The summed E-state index contributed by atoms with van der Waals surface area (Å²) >= 11 is 6.12. The van der Waals surface area contributed by atoms with E-state index in [9.17, 15) is 4.79 Å². The predicted octanol–water partition coefficient (Wildman–Crippen LogP) is 6.19. The third-order valence-electron chi connectivity index (χ3n) is 4.42. The number of hydrogen-bond donors (Lipinski definition) is 2. The van der Waals surface area contributed by atoms with Crippen LogP contribution in [0.2, 0.25) is 5.02 Å². The first kappa shape index (κ1) is 19.8. The molecule has 1 atom stereocenters. The summed E-state index contributed by atoms with van der Waals surface area (Å²) in [5, 5.41) is 6.77. The van der Waals surface area contributed by atoms with Gasteiger partial charge in [-0.3, -0.25) is 4.79 Å². The second-order valence-corrected chi connectivity index (χ2v) is 7.09. The van der Waals surface area contributed by atoms with Gasteiger partial charge in [-0.15, -0.1) is 0 Å². The third-order valence-corrected chi connectivity index (χ3v) is 4.74. The monoisotopic (exact) mass is 394 g/mol. The summed E-state index contributed by atoms with van der Waals surface area (Å²) in [6, 6.07) is 20.3. The number of carbonyl (C=O) groups excluding carboxylic acids is 1. The van der Waals surface area contributed by atoms with Gasteiger partial charge in [0.25, 0.3) is 0 Å². The van der Waals surface area contributed by atoms with Crippen LogP contribution in [0.1, 0.15) is 18.1 Å². The number of amides is 1. The van der Waals surface area contributed by atoms with Crippen molar-refractivity contribution in [2.45, 2.75) is 26.8 Å². The molecule has 144 valence electrons. The molecule has 5 heteroatoms. The van der Waals surface area contributed by atoms with E-state index in [-0.39, 0.29) is 5.91 Å². The van der Waals surface area contributed by atoms with E-state index in [2.05, 4.69) is 10.6 Å². The lowest BCUT2D eigenvalue weighted by Crippen LogP contribution is -2.32. The number of benzene rings is 3. The highest BCUT2D eigenvalue weighted by Gasteiger charge is 2.15. The summed E-state index contributed by atoms with van der Waals surface area (Å²) in [6.07, 6.45) is 0. The van der Waals surface area contributed by atoms with Gasteiger partial charge in [-0.05, 0) is 68.3 Å². The van der Waals surface area contributed by atoms with E-state index in [1.165, 1.54) is 0 Å². The van der Waals surface area contributed by atoms with Crippen LogP contribution in [-0.4, -0.2) is 11.9 Å². The van der Waals surface area contributed by atoms with Crippen molar-refractivity contribution in [1.82, 2.24) is 0 Å². The molecule has 0 bridgehead atoms. The van der Waals surface area contributed by atoms with Crippen molar-refractivity contribution < 1.29 is 9.53 Å². The lowest BCUT2D eigenvalue weighted by Gasteiger charge is -2.18. The van der Waals surface area contributed by atoms with E-state index in [0.29, 0.717) is 16.5 Å². The number of aryl methyl sites for hydroxylation is 2. The number of carbonyl (C=O) groups is 1. The Hall–Kier alpha value is -2.98. The van der Waals surface area contributed by atoms with Crippen molar-refractivity contribution in [2.24, 2.45) is 0 Å². The maximum atomic E-state index is 12.6. The fourth-order valence-electron chi connectivity index (χ4n) is 2.83. The van der Waals surface area contributed by atoms with Crippen LogP contribution in [0.5, 0.6) is 11.5 Å². The van der Waals surface area contributed by atoms with Gasteiger partial charge < -0.3 is 15.4 Å². The molecule has 4 nitrogen and oxygen atoms in total. The molecular formula is C23H23ClN2O2. The minimum Gasteiger partial charge on any atom is -0.456 e. The minimum atomic E-state index is -0.394. The van der Waals surface area contributed by atoms with Gasteiger partial charge in [0.15, 0.2) is 0 Å². The molecule has 2 N–H and O–H groups in total. The fourth-order valence-corrected chi connectivity index (χ4v) is 3.01. The molecule has 0 fully saturated rings. The number of ether oxygens (including phenoxy) is 1. The smallest absolute Gasteiger partial charge is 0.246 e. The summed E-state index contributed by atoms with van der Waals surface area (Å²) in [7, 11) is 0. The Balaban J connectivity index is 1.62. The molecule has 0 spiro atoms. The minimum absolute atomic E-state index is 0.0891. The average Bonchev–Trinajstić information content (AvgIpc) is 2.68. The molecule has 3 aromatic carbocycles. The highest BCUT2D eigenvalue weighted by Crippen LogP contribution is 2.29. The number of rotatable bonds is 6. The molecule has 0 saturated carbocycles. The van der Waals surface area contributed by atoms with Gasteiger partial charge >= 0.3 is 0 Å². The van der Waals surface area contributed by atoms with Crippen LogP contribution in [0.15, 0.2) is 66.7 Å². The van der Waals surface area contributed by atoms with Crippen LogP contribution < -0.4 is 15.4 Å². The van der Waals surface area contributed by atoms with Crippen LogP contribution in [-0.2, 0) is 4.79 Å². The Morgan fingerprint density at radius 1 is 0.929 bits per heavy atom. The highest BCUT2D eigenvalue weighted by atomic mass is 35.5. The second kappa shape index (κ2) is 8.81. The van der Waals surface area contributed by atoms with Gasteiger partial charge in [0.2, 0.25) is 5.91 Å². The number of para-hydroxylation sites is 2. The second-order valence-electron chi connectivity index (χ2n) is 6.68. The van der Waals surface area contributed by atoms with Gasteiger partial charge in [0.05, 0.1) is 5.02 Å². The topological polar surface area (TPSA) is 50.4 Å². The summed E-state index contributed by atoms with van der Waals surface area (Å²) in [5.41, 5.74) is 3.78. The highest BCUT2D eigenvalue weighted by molar-refractivity contribution is 6.32. The Labute approximate surface area is 170 Å². The zero-order valence-corrected chi connectivity index (χ0v) is 16.9. The van der Waals surface area contributed by atoms with Crippen molar-refractivity contribution in [3.05, 3.63) is 82.9 Å². The van der Waals surface area contributed by atoms with Gasteiger partial charge in [0.1, 0.15) is 17.5 Å². The molecule has 1 unspecified atom stereocenters. The molecule has 0 aliphatic carbocycles. The SMILES string of the molecule is Cc1cccc(C)c1NC(=O)C(C)Nc1ccc(Oc2ccccc2Cl)cc1. The molecule has 1 amide bonds. The Bertz CT molecular complexity index is 950. The van der Waals surface area contributed by atoms with Crippen LogP contribution in [0.3, 0.4) is 0 Å². The average molecular weight is 395 g/mol. The molecule has 3 aromatic rings. The van der Waals surface area contributed by atoms with Crippen molar-refractivity contribution in [1.29, 1.82) is 0 Å². The molecular weight excluding hydrogens is 372 g/mol. The van der Waals surface area contributed by atoms with E-state index in [0.717, 1.165) is 22.5 Å². The molecule has 0 saturated heterocycles. The number of anilines is 2. The van der Waals surface area contributed by atoms with Crippen molar-refractivity contribution in [3.63, 3.8) is 0 Å². The summed E-state index contributed by atoms with van der Waals surface area (Å²) < 4.78 is 5.78.